The van der Waals surface area contributed by atoms with E-state index in [9.17, 15) is 0 Å². The Hall–Kier alpha value is -1.82. The van der Waals surface area contributed by atoms with Gasteiger partial charge in [0.05, 0.1) is 18.3 Å². The molecule has 1 unspecified atom stereocenters. The molecule has 0 aromatic carbocycles. The number of hydrogen-bond acceptors (Lipinski definition) is 4. The topological polar surface area (TPSA) is 56.9 Å². The number of imidazole rings is 1. The van der Waals surface area contributed by atoms with E-state index in [-0.39, 0.29) is 0 Å². The summed E-state index contributed by atoms with van der Waals surface area (Å²) in [6.07, 6.45) is 6.85. The van der Waals surface area contributed by atoms with Crippen LogP contribution in [-0.2, 0) is 11.3 Å². The van der Waals surface area contributed by atoms with E-state index in [2.05, 4.69) is 33.1 Å². The second-order valence-corrected chi connectivity index (χ2v) is 5.17. The van der Waals surface area contributed by atoms with Crippen LogP contribution in [0.3, 0.4) is 0 Å². The average Bonchev–Trinajstić information content (AvgIpc) is 3.08. The van der Waals surface area contributed by atoms with E-state index >= 15 is 0 Å². The van der Waals surface area contributed by atoms with Gasteiger partial charge in [-0.25, -0.2) is 4.98 Å². The fourth-order valence-corrected chi connectivity index (χ4v) is 2.27. The van der Waals surface area contributed by atoms with Crippen LogP contribution in [0.2, 0.25) is 0 Å². The lowest BCUT2D eigenvalue weighted by atomic mass is 10.3. The van der Waals surface area contributed by atoms with E-state index in [0.717, 1.165) is 44.4 Å². The molecular formula is C15H25N5O. The quantitative estimate of drug-likeness (QED) is 0.721. The first-order valence-corrected chi connectivity index (χ1v) is 7.55. The summed E-state index contributed by atoms with van der Waals surface area (Å²) in [6.45, 7) is 9.46. The largest absolute Gasteiger partial charge is 0.382 e. The summed E-state index contributed by atoms with van der Waals surface area (Å²) in [5.41, 5.74) is 1.02. The van der Waals surface area contributed by atoms with Gasteiger partial charge >= 0.3 is 0 Å². The number of anilines is 1. The first kappa shape index (κ1) is 15.6. The molecule has 116 valence electrons. The molecule has 2 aromatic heterocycles. The maximum atomic E-state index is 5.35. The Kier molecular flexibility index (Phi) is 5.80. The molecule has 0 saturated carbocycles. The zero-order valence-electron chi connectivity index (χ0n) is 13.1. The second kappa shape index (κ2) is 7.83. The van der Waals surface area contributed by atoms with Gasteiger partial charge in [-0.3, -0.25) is 4.68 Å². The molecule has 6 nitrogen and oxygen atoms in total. The minimum absolute atomic E-state index is 0.292. The fraction of sp³-hybridized carbons (Fsp3) is 0.600. The highest BCUT2D eigenvalue weighted by molar-refractivity contribution is 5.29. The Morgan fingerprint density at radius 1 is 1.43 bits per heavy atom. The molecule has 6 heteroatoms. The molecule has 1 N–H and O–H groups in total. The molecule has 1 atom stereocenters. The van der Waals surface area contributed by atoms with Gasteiger partial charge in [0, 0.05) is 38.3 Å². The summed E-state index contributed by atoms with van der Waals surface area (Å²) in [5, 5.41) is 7.66. The van der Waals surface area contributed by atoms with E-state index in [1.165, 1.54) is 0 Å². The van der Waals surface area contributed by atoms with Crippen LogP contribution in [0.5, 0.6) is 0 Å². The molecule has 2 heterocycles. The fourth-order valence-electron chi connectivity index (χ4n) is 2.27. The Morgan fingerprint density at radius 3 is 3.00 bits per heavy atom. The SMILES string of the molecule is CCOCCCNc1nc(C)cn1C(C)Cn1cccn1. The van der Waals surface area contributed by atoms with Crippen molar-refractivity contribution < 1.29 is 4.74 Å². The minimum Gasteiger partial charge on any atom is -0.382 e. The lowest BCUT2D eigenvalue weighted by Crippen LogP contribution is -2.17. The van der Waals surface area contributed by atoms with Crippen LogP contribution in [0.15, 0.2) is 24.7 Å². The third-order valence-electron chi connectivity index (χ3n) is 3.29. The number of hydrogen-bond donors (Lipinski definition) is 1. The lowest BCUT2D eigenvalue weighted by Gasteiger charge is -2.17. The highest BCUT2D eigenvalue weighted by Gasteiger charge is 2.12. The summed E-state index contributed by atoms with van der Waals surface area (Å²) >= 11 is 0. The van der Waals surface area contributed by atoms with Crippen LogP contribution in [0.4, 0.5) is 5.95 Å². The van der Waals surface area contributed by atoms with Crippen molar-refractivity contribution in [2.45, 2.75) is 39.8 Å². The van der Waals surface area contributed by atoms with Crippen molar-refractivity contribution in [1.82, 2.24) is 19.3 Å². The number of nitrogens with zero attached hydrogens (tertiary/aromatic N) is 4. The number of ether oxygens (including phenoxy) is 1. The van der Waals surface area contributed by atoms with Crippen molar-refractivity contribution in [2.75, 3.05) is 25.1 Å². The standard InChI is InChI=1S/C15H25N5O/c1-4-21-10-6-7-16-15-18-13(2)11-20(15)14(3)12-19-9-5-8-17-19/h5,8-9,11,14H,4,6-7,10,12H2,1-3H3,(H,16,18). The van der Waals surface area contributed by atoms with Gasteiger partial charge in [0.15, 0.2) is 0 Å². The summed E-state index contributed by atoms with van der Waals surface area (Å²) in [7, 11) is 0. The minimum atomic E-state index is 0.292. The third kappa shape index (κ3) is 4.60. The Bertz CT molecular complexity index is 520. The first-order valence-electron chi connectivity index (χ1n) is 7.55. The predicted molar refractivity (Wildman–Crippen MR) is 83.5 cm³/mol. The van der Waals surface area contributed by atoms with Gasteiger partial charge in [-0.15, -0.1) is 0 Å². The van der Waals surface area contributed by atoms with Crippen molar-refractivity contribution in [2.24, 2.45) is 0 Å². The summed E-state index contributed by atoms with van der Waals surface area (Å²) in [6, 6.07) is 2.24. The van der Waals surface area contributed by atoms with Crippen LogP contribution in [0.25, 0.3) is 0 Å². The van der Waals surface area contributed by atoms with Gasteiger partial charge in [-0.05, 0) is 33.3 Å². The molecule has 0 aliphatic heterocycles. The monoisotopic (exact) mass is 291 g/mol. The van der Waals surface area contributed by atoms with Crippen molar-refractivity contribution in [3.63, 3.8) is 0 Å². The van der Waals surface area contributed by atoms with E-state index in [1.807, 2.05) is 30.8 Å². The molecule has 21 heavy (non-hydrogen) atoms. The highest BCUT2D eigenvalue weighted by atomic mass is 16.5. The van der Waals surface area contributed by atoms with E-state index in [4.69, 9.17) is 4.74 Å². The average molecular weight is 291 g/mol. The Balaban J connectivity index is 1.92. The van der Waals surface area contributed by atoms with Crippen LogP contribution < -0.4 is 5.32 Å². The zero-order valence-corrected chi connectivity index (χ0v) is 13.1. The Labute approximate surface area is 126 Å². The van der Waals surface area contributed by atoms with Gasteiger partial charge in [0.1, 0.15) is 0 Å². The highest BCUT2D eigenvalue weighted by Crippen LogP contribution is 2.17. The molecule has 0 saturated heterocycles. The van der Waals surface area contributed by atoms with Crippen molar-refractivity contribution in [3.05, 3.63) is 30.4 Å². The normalized spacial score (nSPS) is 12.5. The van der Waals surface area contributed by atoms with Crippen molar-refractivity contribution in [1.29, 1.82) is 0 Å². The maximum absolute atomic E-state index is 5.35. The molecule has 2 aromatic rings. The first-order chi connectivity index (χ1) is 10.2. The summed E-state index contributed by atoms with van der Waals surface area (Å²) in [4.78, 5) is 4.56. The van der Waals surface area contributed by atoms with Gasteiger partial charge in [0.25, 0.3) is 0 Å². The zero-order chi connectivity index (χ0) is 15.1. The van der Waals surface area contributed by atoms with Crippen molar-refractivity contribution >= 4 is 5.95 Å². The van der Waals surface area contributed by atoms with E-state index < -0.39 is 0 Å². The molecule has 0 bridgehead atoms. The number of aryl methyl sites for hydroxylation is 1. The van der Waals surface area contributed by atoms with E-state index in [0.29, 0.717) is 6.04 Å². The van der Waals surface area contributed by atoms with Crippen LogP contribution in [-0.4, -0.2) is 39.1 Å². The maximum Gasteiger partial charge on any atom is 0.203 e. The molecule has 0 fully saturated rings. The van der Waals surface area contributed by atoms with Gasteiger partial charge < -0.3 is 14.6 Å². The molecule has 2 rings (SSSR count). The number of aromatic nitrogens is 4. The van der Waals surface area contributed by atoms with E-state index in [1.54, 1.807) is 6.20 Å². The van der Waals surface area contributed by atoms with Crippen LogP contribution >= 0.6 is 0 Å². The number of rotatable bonds is 9. The summed E-state index contributed by atoms with van der Waals surface area (Å²) in [5.74, 6) is 0.920. The molecule has 0 amide bonds. The smallest absolute Gasteiger partial charge is 0.203 e. The summed E-state index contributed by atoms with van der Waals surface area (Å²) < 4.78 is 9.47. The van der Waals surface area contributed by atoms with Gasteiger partial charge in [-0.1, -0.05) is 0 Å². The second-order valence-electron chi connectivity index (χ2n) is 5.17. The Morgan fingerprint density at radius 2 is 2.29 bits per heavy atom. The van der Waals surface area contributed by atoms with Crippen molar-refractivity contribution in [3.8, 4) is 0 Å². The lowest BCUT2D eigenvalue weighted by molar-refractivity contribution is 0.147. The predicted octanol–water partition coefficient (Wildman–Crippen LogP) is 2.49. The molecule has 0 aliphatic rings. The van der Waals surface area contributed by atoms with Gasteiger partial charge in [0.2, 0.25) is 5.95 Å². The number of nitrogens with one attached hydrogen (secondary N) is 1. The van der Waals surface area contributed by atoms with Crippen LogP contribution in [0, 0.1) is 6.92 Å². The van der Waals surface area contributed by atoms with Crippen LogP contribution in [0.1, 0.15) is 32.0 Å². The third-order valence-corrected chi connectivity index (χ3v) is 3.29. The molecule has 0 spiro atoms. The van der Waals surface area contributed by atoms with Gasteiger partial charge in [-0.2, -0.15) is 5.10 Å². The molecule has 0 aliphatic carbocycles. The molecule has 0 radical (unpaired) electrons. The molecular weight excluding hydrogens is 266 g/mol.